The number of sulfone groups is 1. The summed E-state index contributed by atoms with van der Waals surface area (Å²) in [6.45, 7) is 3.92. The van der Waals surface area contributed by atoms with E-state index in [1.54, 1.807) is 18.4 Å². The van der Waals surface area contributed by atoms with Crippen LogP contribution in [0.4, 0.5) is 0 Å². The lowest BCUT2D eigenvalue weighted by molar-refractivity contribution is 0.100. The van der Waals surface area contributed by atoms with Gasteiger partial charge in [0, 0.05) is 17.1 Å². The van der Waals surface area contributed by atoms with E-state index in [4.69, 9.17) is 10.2 Å². The molecule has 7 heteroatoms. The number of carbonyl (C=O) groups is 1. The van der Waals surface area contributed by atoms with Crippen molar-refractivity contribution in [3.8, 4) is 11.3 Å². The summed E-state index contributed by atoms with van der Waals surface area (Å²) in [7, 11) is -3.06. The molecule has 148 valence electrons. The lowest BCUT2D eigenvalue weighted by atomic mass is 9.87. The molecule has 4 rings (SSSR count). The number of primary amides is 1. The van der Waals surface area contributed by atoms with Gasteiger partial charge in [0.25, 0.3) is 5.91 Å². The smallest absolute Gasteiger partial charge is 0.250 e. The Morgan fingerprint density at radius 2 is 2.11 bits per heavy atom. The summed E-state index contributed by atoms with van der Waals surface area (Å²) in [4.78, 5) is 15.2. The van der Waals surface area contributed by atoms with Gasteiger partial charge in [0.05, 0.1) is 28.3 Å². The number of furan rings is 1. The summed E-state index contributed by atoms with van der Waals surface area (Å²) in [6, 6.07) is 7.34. The highest BCUT2D eigenvalue weighted by Gasteiger charge is 2.37. The number of aromatic amines is 1. The third kappa shape index (κ3) is 3.13. The van der Waals surface area contributed by atoms with Crippen LogP contribution in [0.25, 0.3) is 22.2 Å². The van der Waals surface area contributed by atoms with Crippen molar-refractivity contribution in [2.75, 3.05) is 5.75 Å². The summed E-state index contributed by atoms with van der Waals surface area (Å²) in [6.07, 6.45) is 4.64. The van der Waals surface area contributed by atoms with Crippen LogP contribution >= 0.6 is 0 Å². The van der Waals surface area contributed by atoms with Crippen molar-refractivity contribution >= 4 is 26.6 Å². The van der Waals surface area contributed by atoms with E-state index in [9.17, 15) is 13.2 Å². The van der Waals surface area contributed by atoms with Crippen molar-refractivity contribution in [2.45, 2.75) is 37.9 Å². The Morgan fingerprint density at radius 1 is 1.32 bits per heavy atom. The first-order valence-electron chi connectivity index (χ1n) is 9.48. The maximum absolute atomic E-state index is 12.5. The molecule has 1 aliphatic rings. The van der Waals surface area contributed by atoms with Gasteiger partial charge in [-0.3, -0.25) is 4.79 Å². The first-order valence-corrected chi connectivity index (χ1v) is 11.2. The second-order valence-electron chi connectivity index (χ2n) is 7.90. The van der Waals surface area contributed by atoms with Crippen molar-refractivity contribution < 1.29 is 17.6 Å². The first kappa shape index (κ1) is 18.8. The topological polar surface area (TPSA) is 106 Å². The molecule has 0 radical (unpaired) electrons. The minimum atomic E-state index is -3.06. The molecule has 6 nitrogen and oxygen atoms in total. The normalized spacial score (nSPS) is 22.0. The number of rotatable bonds is 4. The third-order valence-electron chi connectivity index (χ3n) is 5.80. The molecule has 1 aliphatic heterocycles. The number of aromatic nitrogens is 1. The van der Waals surface area contributed by atoms with E-state index < -0.39 is 15.7 Å². The van der Waals surface area contributed by atoms with Crippen LogP contribution in [0.1, 0.15) is 48.5 Å². The molecule has 0 spiro atoms. The van der Waals surface area contributed by atoms with E-state index in [0.717, 1.165) is 16.5 Å². The molecule has 1 aromatic carbocycles. The average Bonchev–Trinajstić information content (AvgIpc) is 3.30. The zero-order chi connectivity index (χ0) is 20.1. The molecule has 3 N–H and O–H groups in total. The summed E-state index contributed by atoms with van der Waals surface area (Å²) >= 11 is 0. The Bertz CT molecular complexity index is 1130. The van der Waals surface area contributed by atoms with E-state index in [-0.39, 0.29) is 22.8 Å². The van der Waals surface area contributed by atoms with Gasteiger partial charge in [-0.25, -0.2) is 8.42 Å². The van der Waals surface area contributed by atoms with Crippen LogP contribution in [-0.2, 0) is 9.84 Å². The number of nitrogens with one attached hydrogen (secondary N) is 1. The first-order chi connectivity index (χ1) is 13.3. The molecule has 2 unspecified atom stereocenters. The summed E-state index contributed by atoms with van der Waals surface area (Å²) in [5.74, 6) is 0.504. The summed E-state index contributed by atoms with van der Waals surface area (Å²) in [5.41, 5.74) is 8.52. The van der Waals surface area contributed by atoms with Gasteiger partial charge < -0.3 is 15.1 Å². The number of carbonyl (C=O) groups excluding carboxylic acids is 1. The van der Waals surface area contributed by atoms with Crippen molar-refractivity contribution in [1.29, 1.82) is 0 Å². The molecule has 0 saturated carbocycles. The highest BCUT2D eigenvalue weighted by Crippen LogP contribution is 2.40. The van der Waals surface area contributed by atoms with Gasteiger partial charge in [-0.05, 0) is 54.5 Å². The molecule has 2 atom stereocenters. The highest BCUT2D eigenvalue weighted by molar-refractivity contribution is 7.92. The van der Waals surface area contributed by atoms with Crippen molar-refractivity contribution in [1.82, 2.24) is 4.98 Å². The van der Waals surface area contributed by atoms with E-state index in [0.29, 0.717) is 29.7 Å². The number of amides is 1. The Balaban J connectivity index is 1.83. The molecule has 3 heterocycles. The van der Waals surface area contributed by atoms with Crippen molar-refractivity contribution in [2.24, 2.45) is 11.7 Å². The van der Waals surface area contributed by atoms with E-state index in [1.165, 1.54) is 0 Å². The van der Waals surface area contributed by atoms with Gasteiger partial charge in [0.2, 0.25) is 0 Å². The fraction of sp³-hybridized carbons (Fsp3) is 0.381. The largest absolute Gasteiger partial charge is 0.464 e. The number of H-pyrrole nitrogens is 1. The second kappa shape index (κ2) is 6.81. The van der Waals surface area contributed by atoms with E-state index in [1.807, 2.05) is 32.2 Å². The number of hydrogen-bond donors (Lipinski definition) is 2. The standard InChI is InChI=1S/C21H24N2O4S/c1-12(2)19-10-13(5-7-28(19,25)26)17-11-23-20-15(17)8-14(9-16(20)21(22)24)18-4-3-6-27-18/h3-4,6,8-9,11-13,19,23H,5,7,10H2,1-2H3,(H2,22,24). The van der Waals surface area contributed by atoms with Gasteiger partial charge in [0.15, 0.2) is 9.84 Å². The van der Waals surface area contributed by atoms with Crippen LogP contribution in [0.5, 0.6) is 0 Å². The predicted molar refractivity (Wildman–Crippen MR) is 109 cm³/mol. The molecule has 1 saturated heterocycles. The molecular formula is C21H24N2O4S. The molecule has 0 aliphatic carbocycles. The summed E-state index contributed by atoms with van der Waals surface area (Å²) in [5, 5.41) is 0.551. The van der Waals surface area contributed by atoms with Crippen LogP contribution in [0.15, 0.2) is 41.1 Å². The van der Waals surface area contributed by atoms with Gasteiger partial charge in [-0.15, -0.1) is 0 Å². The van der Waals surface area contributed by atoms with Crippen LogP contribution < -0.4 is 5.73 Å². The number of benzene rings is 1. The molecule has 3 aromatic rings. The fourth-order valence-electron chi connectivity index (χ4n) is 4.34. The monoisotopic (exact) mass is 400 g/mol. The zero-order valence-electron chi connectivity index (χ0n) is 15.9. The average molecular weight is 401 g/mol. The van der Waals surface area contributed by atoms with Crippen LogP contribution in [0, 0.1) is 5.92 Å². The number of fused-ring (bicyclic) bond motifs is 1. The molecule has 28 heavy (non-hydrogen) atoms. The Hall–Kier alpha value is -2.54. The van der Waals surface area contributed by atoms with Gasteiger partial charge in [-0.2, -0.15) is 0 Å². The minimum absolute atomic E-state index is 0.0675. The zero-order valence-corrected chi connectivity index (χ0v) is 16.8. The molecular weight excluding hydrogens is 376 g/mol. The number of nitrogens with two attached hydrogens (primary N) is 1. The van der Waals surface area contributed by atoms with Gasteiger partial charge in [-0.1, -0.05) is 13.8 Å². The number of hydrogen-bond acceptors (Lipinski definition) is 4. The van der Waals surface area contributed by atoms with Crippen LogP contribution in [-0.4, -0.2) is 30.3 Å². The van der Waals surface area contributed by atoms with Crippen LogP contribution in [0.3, 0.4) is 0 Å². The van der Waals surface area contributed by atoms with E-state index in [2.05, 4.69) is 4.98 Å². The predicted octanol–water partition coefficient (Wildman–Crippen LogP) is 3.84. The maximum atomic E-state index is 12.5. The molecule has 1 fully saturated rings. The Kier molecular flexibility index (Phi) is 4.57. The molecule has 0 bridgehead atoms. The molecule has 1 amide bonds. The Morgan fingerprint density at radius 3 is 2.75 bits per heavy atom. The van der Waals surface area contributed by atoms with Crippen molar-refractivity contribution in [3.63, 3.8) is 0 Å². The summed E-state index contributed by atoms with van der Waals surface area (Å²) < 4.78 is 30.4. The van der Waals surface area contributed by atoms with Gasteiger partial charge in [0.1, 0.15) is 5.76 Å². The lowest BCUT2D eigenvalue weighted by Crippen LogP contribution is -2.35. The van der Waals surface area contributed by atoms with E-state index >= 15 is 0 Å². The second-order valence-corrected chi connectivity index (χ2v) is 10.2. The van der Waals surface area contributed by atoms with Crippen molar-refractivity contribution in [3.05, 3.63) is 47.9 Å². The minimum Gasteiger partial charge on any atom is -0.464 e. The molecule has 2 aromatic heterocycles. The van der Waals surface area contributed by atoms with Crippen LogP contribution in [0.2, 0.25) is 0 Å². The lowest BCUT2D eigenvalue weighted by Gasteiger charge is -2.31. The van der Waals surface area contributed by atoms with Gasteiger partial charge >= 0.3 is 0 Å². The SMILES string of the molecule is CC(C)C1CC(c2c[nH]c3c(C(N)=O)cc(-c4ccco4)cc23)CCS1(=O)=O. The Labute approximate surface area is 164 Å². The quantitative estimate of drug-likeness (QED) is 0.694. The fourth-order valence-corrected chi connectivity index (χ4v) is 6.61. The third-order valence-corrected chi connectivity index (χ3v) is 8.27. The highest BCUT2D eigenvalue weighted by atomic mass is 32.2. The maximum Gasteiger partial charge on any atom is 0.250 e.